The van der Waals surface area contributed by atoms with E-state index in [9.17, 15) is 9.90 Å². The summed E-state index contributed by atoms with van der Waals surface area (Å²) in [6.07, 6.45) is -0.687. The van der Waals surface area contributed by atoms with Gasteiger partial charge in [0, 0.05) is 28.4 Å². The lowest BCUT2D eigenvalue weighted by molar-refractivity contribution is 0.0975. The molecule has 2 aromatic rings. The van der Waals surface area contributed by atoms with Gasteiger partial charge in [0.25, 0.3) is 5.91 Å². The number of phenols is 1. The molecule has 144 valence electrons. The quantitative estimate of drug-likeness (QED) is 0.232. The normalized spacial score (nSPS) is 12.7. The number of anilines is 1. The van der Waals surface area contributed by atoms with E-state index in [1.807, 2.05) is 13.8 Å². The fourth-order valence-electron chi connectivity index (χ4n) is 2.24. The Morgan fingerprint density at radius 2 is 1.89 bits per heavy atom. The van der Waals surface area contributed by atoms with E-state index in [-0.39, 0.29) is 17.6 Å². The number of nitrogens with one attached hydrogen (secondary N) is 2. The molecule has 7 N–H and O–H groups in total. The van der Waals surface area contributed by atoms with Crippen molar-refractivity contribution in [3.63, 3.8) is 0 Å². The highest BCUT2D eigenvalue weighted by Gasteiger charge is 2.15. The Balaban J connectivity index is 2.17. The average molecular weight is 390 g/mol. The van der Waals surface area contributed by atoms with Crippen molar-refractivity contribution >= 4 is 29.2 Å². The van der Waals surface area contributed by atoms with E-state index in [1.54, 1.807) is 18.2 Å². The summed E-state index contributed by atoms with van der Waals surface area (Å²) >= 11 is 5.92. The first-order chi connectivity index (χ1) is 12.8. The number of benzene rings is 2. The van der Waals surface area contributed by atoms with Crippen LogP contribution in [0.3, 0.4) is 0 Å². The first kappa shape index (κ1) is 20.5. The second kappa shape index (κ2) is 9.25. The molecular formula is C19H24ClN5O2. The largest absolute Gasteiger partial charge is 0.508 e. The van der Waals surface area contributed by atoms with Gasteiger partial charge in [-0.05, 0) is 42.3 Å². The zero-order valence-corrected chi connectivity index (χ0v) is 16.0. The summed E-state index contributed by atoms with van der Waals surface area (Å²) in [7, 11) is 0. The highest BCUT2D eigenvalue weighted by Crippen LogP contribution is 2.21. The zero-order chi connectivity index (χ0) is 20.0. The number of carbonyl (C=O) groups excluding carboxylic acids is 1. The Kier molecular flexibility index (Phi) is 7.04. The molecule has 2 rings (SSSR count). The molecule has 0 spiro atoms. The Morgan fingerprint density at radius 3 is 2.48 bits per heavy atom. The molecule has 7 nitrogen and oxygen atoms in total. The maximum Gasteiger partial charge on any atom is 0.257 e. The van der Waals surface area contributed by atoms with Gasteiger partial charge in [0.05, 0.1) is 0 Å². The minimum Gasteiger partial charge on any atom is -0.508 e. The summed E-state index contributed by atoms with van der Waals surface area (Å²) in [5.74, 6) is 0.243. The molecule has 0 saturated heterocycles. The fourth-order valence-corrected chi connectivity index (χ4v) is 2.42. The average Bonchev–Trinajstić information content (AvgIpc) is 2.60. The van der Waals surface area contributed by atoms with Crippen molar-refractivity contribution in [1.82, 2.24) is 10.6 Å². The van der Waals surface area contributed by atoms with Crippen LogP contribution in [0.15, 0.2) is 47.5 Å². The molecule has 8 heteroatoms. The van der Waals surface area contributed by atoms with E-state index in [4.69, 9.17) is 23.1 Å². The molecular weight excluding hydrogens is 366 g/mol. The minimum atomic E-state index is -0.687. The van der Waals surface area contributed by atoms with Crippen molar-refractivity contribution in [2.75, 3.05) is 12.3 Å². The molecule has 0 fully saturated rings. The Hall–Kier alpha value is -2.77. The molecule has 1 atom stereocenters. The SMILES string of the molecule is CC(C)CN=C(NC(=O)c1ccc(O)cc1)NC(N)c1ccc(Cl)cc1N. The minimum absolute atomic E-state index is 0.0820. The molecule has 0 aromatic heterocycles. The van der Waals surface area contributed by atoms with Crippen molar-refractivity contribution in [2.24, 2.45) is 16.6 Å². The number of hydrogen-bond acceptors (Lipinski definition) is 5. The molecule has 2 aromatic carbocycles. The van der Waals surface area contributed by atoms with Gasteiger partial charge in [0.2, 0.25) is 0 Å². The highest BCUT2D eigenvalue weighted by molar-refractivity contribution is 6.30. The van der Waals surface area contributed by atoms with Gasteiger partial charge in [-0.3, -0.25) is 15.1 Å². The smallest absolute Gasteiger partial charge is 0.257 e. The topological polar surface area (TPSA) is 126 Å². The van der Waals surface area contributed by atoms with Crippen LogP contribution in [0.4, 0.5) is 5.69 Å². The Morgan fingerprint density at radius 1 is 1.22 bits per heavy atom. The van der Waals surface area contributed by atoms with E-state index < -0.39 is 6.17 Å². The third-order valence-electron chi connectivity index (χ3n) is 3.65. The monoisotopic (exact) mass is 389 g/mol. The van der Waals surface area contributed by atoms with Crippen LogP contribution >= 0.6 is 11.6 Å². The highest BCUT2D eigenvalue weighted by atomic mass is 35.5. The summed E-state index contributed by atoms with van der Waals surface area (Å²) in [6, 6.07) is 10.9. The maximum absolute atomic E-state index is 12.4. The van der Waals surface area contributed by atoms with E-state index in [1.165, 1.54) is 24.3 Å². The molecule has 1 amide bonds. The first-order valence-electron chi connectivity index (χ1n) is 8.48. The number of nitrogens with zero attached hydrogens (tertiary/aromatic N) is 1. The number of carbonyl (C=O) groups is 1. The van der Waals surface area contributed by atoms with E-state index in [0.717, 1.165) is 0 Å². The number of guanidine groups is 1. The lowest BCUT2D eigenvalue weighted by atomic mass is 10.1. The van der Waals surface area contributed by atoms with Crippen molar-refractivity contribution in [1.29, 1.82) is 0 Å². The third kappa shape index (κ3) is 6.16. The second-order valence-corrected chi connectivity index (χ2v) is 6.92. The van der Waals surface area contributed by atoms with Crippen molar-refractivity contribution < 1.29 is 9.90 Å². The van der Waals surface area contributed by atoms with Gasteiger partial charge in [0.15, 0.2) is 5.96 Å². The number of aliphatic imine (C=N–C) groups is 1. The number of aromatic hydroxyl groups is 1. The summed E-state index contributed by atoms with van der Waals surface area (Å²) < 4.78 is 0. The number of hydrogen-bond donors (Lipinski definition) is 5. The van der Waals surface area contributed by atoms with Crippen LogP contribution < -0.4 is 22.1 Å². The number of rotatable bonds is 5. The summed E-state index contributed by atoms with van der Waals surface area (Å²) in [6.45, 7) is 4.53. The standard InChI is InChI=1S/C19H24ClN5O2/c1-11(2)10-23-19(25-18(27)12-3-6-14(26)7-4-12)24-17(22)15-8-5-13(20)9-16(15)21/h3-9,11,17,26H,10,21-22H2,1-2H3,(H2,23,24,25,27). The Bertz CT molecular complexity index is 821. The summed E-state index contributed by atoms with van der Waals surface area (Å²) in [5, 5.41) is 15.6. The lowest BCUT2D eigenvalue weighted by Gasteiger charge is -2.20. The lowest BCUT2D eigenvalue weighted by Crippen LogP contribution is -2.45. The molecule has 0 radical (unpaired) electrons. The van der Waals surface area contributed by atoms with Crippen LogP contribution in [0.5, 0.6) is 5.75 Å². The van der Waals surface area contributed by atoms with E-state index >= 15 is 0 Å². The number of nitrogen functional groups attached to an aromatic ring is 1. The maximum atomic E-state index is 12.4. The summed E-state index contributed by atoms with van der Waals surface area (Å²) in [4.78, 5) is 16.8. The first-order valence-corrected chi connectivity index (χ1v) is 8.86. The van der Waals surface area contributed by atoms with Crippen LogP contribution in [0.2, 0.25) is 5.02 Å². The predicted octanol–water partition coefficient (Wildman–Crippen LogP) is 2.62. The van der Waals surface area contributed by atoms with E-state index in [0.29, 0.717) is 34.3 Å². The fraction of sp³-hybridized carbons (Fsp3) is 0.263. The van der Waals surface area contributed by atoms with Gasteiger partial charge < -0.3 is 21.9 Å². The van der Waals surface area contributed by atoms with Crippen LogP contribution in [-0.4, -0.2) is 23.5 Å². The molecule has 0 aliphatic heterocycles. The van der Waals surface area contributed by atoms with Crippen LogP contribution in [-0.2, 0) is 0 Å². The van der Waals surface area contributed by atoms with E-state index in [2.05, 4.69) is 15.6 Å². The van der Waals surface area contributed by atoms with Gasteiger partial charge in [0.1, 0.15) is 11.9 Å². The van der Waals surface area contributed by atoms with Gasteiger partial charge in [-0.25, -0.2) is 0 Å². The van der Waals surface area contributed by atoms with Crippen molar-refractivity contribution in [3.05, 3.63) is 58.6 Å². The van der Waals surface area contributed by atoms with Gasteiger partial charge in [-0.2, -0.15) is 0 Å². The van der Waals surface area contributed by atoms with Crippen LogP contribution in [0, 0.1) is 5.92 Å². The van der Waals surface area contributed by atoms with Gasteiger partial charge in [-0.1, -0.05) is 31.5 Å². The third-order valence-corrected chi connectivity index (χ3v) is 3.89. The van der Waals surface area contributed by atoms with Gasteiger partial charge >= 0.3 is 0 Å². The second-order valence-electron chi connectivity index (χ2n) is 6.48. The molecule has 0 aliphatic carbocycles. The molecule has 0 aliphatic rings. The van der Waals surface area contributed by atoms with Crippen LogP contribution in [0.25, 0.3) is 0 Å². The number of phenolic OH excluding ortho intramolecular Hbond substituents is 1. The molecule has 0 saturated carbocycles. The molecule has 1 unspecified atom stereocenters. The molecule has 0 bridgehead atoms. The van der Waals surface area contributed by atoms with Crippen molar-refractivity contribution in [2.45, 2.75) is 20.0 Å². The Labute approximate surface area is 163 Å². The van der Waals surface area contributed by atoms with Gasteiger partial charge in [-0.15, -0.1) is 0 Å². The number of amides is 1. The van der Waals surface area contributed by atoms with Crippen LogP contribution in [0.1, 0.15) is 35.9 Å². The van der Waals surface area contributed by atoms with Crippen molar-refractivity contribution in [3.8, 4) is 5.75 Å². The number of halogens is 1. The zero-order valence-electron chi connectivity index (χ0n) is 15.2. The number of nitrogens with two attached hydrogens (primary N) is 2. The predicted molar refractivity (Wildman–Crippen MR) is 109 cm³/mol. The summed E-state index contributed by atoms with van der Waals surface area (Å²) in [5.41, 5.74) is 13.6. The molecule has 27 heavy (non-hydrogen) atoms. The molecule has 0 heterocycles.